The van der Waals surface area contributed by atoms with Gasteiger partial charge in [-0.05, 0) is 17.7 Å². The number of hydrogen-bond donors (Lipinski definition) is 3. The highest BCUT2D eigenvalue weighted by molar-refractivity contribution is 8.13. The standard InChI is InChI=1S/C11H14ClNO3S/c1-6(14)17-5-10(15)11(16)7-2-3-9(13)8(12)4-7/h2-4,10-11,15-16H,5,13H2,1H3. The van der Waals surface area contributed by atoms with Crippen molar-refractivity contribution in [1.82, 2.24) is 0 Å². The molecule has 0 aromatic heterocycles. The molecule has 4 nitrogen and oxygen atoms in total. The van der Waals surface area contributed by atoms with E-state index in [1.54, 1.807) is 12.1 Å². The molecule has 94 valence electrons. The number of carbonyl (C=O) groups excluding carboxylic acids is 1. The van der Waals surface area contributed by atoms with Crippen molar-refractivity contribution in [2.24, 2.45) is 0 Å². The summed E-state index contributed by atoms with van der Waals surface area (Å²) in [6.07, 6.45) is -2.11. The predicted octanol–water partition coefficient (Wildman–Crippen LogP) is 1.60. The Morgan fingerprint density at radius 2 is 2.18 bits per heavy atom. The molecule has 17 heavy (non-hydrogen) atoms. The third-order valence-electron chi connectivity index (χ3n) is 2.19. The van der Waals surface area contributed by atoms with Crippen molar-refractivity contribution >= 4 is 34.2 Å². The van der Waals surface area contributed by atoms with E-state index in [0.29, 0.717) is 16.3 Å². The van der Waals surface area contributed by atoms with Gasteiger partial charge in [0.25, 0.3) is 0 Å². The van der Waals surface area contributed by atoms with Crippen LogP contribution in [0.25, 0.3) is 0 Å². The first kappa shape index (κ1) is 14.3. The second kappa shape index (κ2) is 6.26. The van der Waals surface area contributed by atoms with Crippen molar-refractivity contribution < 1.29 is 15.0 Å². The van der Waals surface area contributed by atoms with Crippen LogP contribution in [0.15, 0.2) is 18.2 Å². The number of nitrogen functional groups attached to an aromatic ring is 1. The molecular formula is C11H14ClNO3S. The van der Waals surface area contributed by atoms with Gasteiger partial charge in [0, 0.05) is 12.7 Å². The Hall–Kier alpha value is -0.750. The van der Waals surface area contributed by atoms with Gasteiger partial charge in [-0.25, -0.2) is 0 Å². The van der Waals surface area contributed by atoms with Crippen molar-refractivity contribution in [2.75, 3.05) is 11.5 Å². The van der Waals surface area contributed by atoms with Gasteiger partial charge in [-0.15, -0.1) is 0 Å². The molecule has 6 heteroatoms. The summed E-state index contributed by atoms with van der Waals surface area (Å²) in [5.74, 6) is 0.137. The summed E-state index contributed by atoms with van der Waals surface area (Å²) < 4.78 is 0. The largest absolute Gasteiger partial charge is 0.398 e. The highest BCUT2D eigenvalue weighted by Crippen LogP contribution is 2.26. The second-order valence-electron chi connectivity index (χ2n) is 3.60. The minimum absolute atomic E-state index is 0.105. The van der Waals surface area contributed by atoms with Crippen molar-refractivity contribution in [1.29, 1.82) is 0 Å². The third kappa shape index (κ3) is 4.20. The van der Waals surface area contributed by atoms with Crippen molar-refractivity contribution in [3.8, 4) is 0 Å². The number of hydrogen-bond acceptors (Lipinski definition) is 5. The molecule has 0 heterocycles. The van der Waals surface area contributed by atoms with Gasteiger partial charge in [-0.1, -0.05) is 29.4 Å². The van der Waals surface area contributed by atoms with E-state index in [4.69, 9.17) is 17.3 Å². The van der Waals surface area contributed by atoms with Gasteiger partial charge in [-0.3, -0.25) is 4.79 Å². The monoisotopic (exact) mass is 275 g/mol. The van der Waals surface area contributed by atoms with E-state index in [0.717, 1.165) is 11.8 Å². The molecule has 1 aromatic rings. The number of benzene rings is 1. The summed E-state index contributed by atoms with van der Waals surface area (Å²) >= 11 is 6.78. The number of aliphatic hydroxyl groups excluding tert-OH is 2. The molecule has 0 spiro atoms. The third-order valence-corrected chi connectivity index (χ3v) is 3.43. The molecule has 0 radical (unpaired) electrons. The summed E-state index contributed by atoms with van der Waals surface area (Å²) in [4.78, 5) is 10.7. The lowest BCUT2D eigenvalue weighted by Crippen LogP contribution is -2.21. The van der Waals surface area contributed by atoms with E-state index >= 15 is 0 Å². The maximum atomic E-state index is 10.7. The summed E-state index contributed by atoms with van der Waals surface area (Å²) in [6, 6.07) is 4.66. The van der Waals surface area contributed by atoms with E-state index in [2.05, 4.69) is 0 Å². The van der Waals surface area contributed by atoms with Gasteiger partial charge in [-0.2, -0.15) is 0 Å². The molecule has 2 unspecified atom stereocenters. The number of thioether (sulfide) groups is 1. The van der Waals surface area contributed by atoms with E-state index in [9.17, 15) is 15.0 Å². The van der Waals surface area contributed by atoms with Crippen LogP contribution in [0.5, 0.6) is 0 Å². The van der Waals surface area contributed by atoms with E-state index in [1.165, 1.54) is 13.0 Å². The molecule has 1 rings (SSSR count). The molecule has 0 fully saturated rings. The minimum atomic E-state index is -1.08. The van der Waals surface area contributed by atoms with Crippen molar-refractivity contribution in [3.05, 3.63) is 28.8 Å². The molecule has 0 aliphatic rings. The number of anilines is 1. The van der Waals surface area contributed by atoms with Gasteiger partial charge < -0.3 is 15.9 Å². The fourth-order valence-electron chi connectivity index (χ4n) is 1.24. The number of rotatable bonds is 4. The molecule has 2 atom stereocenters. The maximum Gasteiger partial charge on any atom is 0.185 e. The minimum Gasteiger partial charge on any atom is -0.398 e. The Balaban J connectivity index is 2.70. The second-order valence-corrected chi connectivity index (χ2v) is 5.20. The first-order valence-corrected chi connectivity index (χ1v) is 6.32. The van der Waals surface area contributed by atoms with Crippen LogP contribution >= 0.6 is 23.4 Å². The van der Waals surface area contributed by atoms with E-state index in [1.807, 2.05) is 0 Å². The number of aliphatic hydroxyl groups is 2. The fourth-order valence-corrected chi connectivity index (χ4v) is 2.02. The highest BCUT2D eigenvalue weighted by atomic mass is 35.5. The smallest absolute Gasteiger partial charge is 0.185 e. The molecule has 0 amide bonds. The first-order chi connectivity index (χ1) is 7.91. The molecule has 0 saturated carbocycles. The van der Waals surface area contributed by atoms with Gasteiger partial charge >= 0.3 is 0 Å². The zero-order valence-electron chi connectivity index (χ0n) is 9.26. The van der Waals surface area contributed by atoms with E-state index in [-0.39, 0.29) is 10.9 Å². The summed E-state index contributed by atoms with van der Waals surface area (Å²) in [7, 11) is 0. The van der Waals surface area contributed by atoms with Crippen LogP contribution in [0.3, 0.4) is 0 Å². The molecule has 0 aliphatic heterocycles. The van der Waals surface area contributed by atoms with Crippen LogP contribution in [-0.4, -0.2) is 27.2 Å². The quantitative estimate of drug-likeness (QED) is 0.727. The summed E-state index contributed by atoms with van der Waals surface area (Å²) in [5.41, 5.74) is 6.42. The lowest BCUT2D eigenvalue weighted by atomic mass is 10.1. The van der Waals surface area contributed by atoms with Crippen LogP contribution in [0.1, 0.15) is 18.6 Å². The zero-order valence-corrected chi connectivity index (χ0v) is 10.8. The van der Waals surface area contributed by atoms with Crippen LogP contribution < -0.4 is 5.73 Å². The molecule has 1 aromatic carbocycles. The average Bonchev–Trinajstić information content (AvgIpc) is 2.28. The van der Waals surface area contributed by atoms with Crippen LogP contribution in [0.2, 0.25) is 5.02 Å². The Kier molecular flexibility index (Phi) is 5.27. The fraction of sp³-hybridized carbons (Fsp3) is 0.364. The highest BCUT2D eigenvalue weighted by Gasteiger charge is 2.19. The van der Waals surface area contributed by atoms with E-state index < -0.39 is 12.2 Å². The number of carbonyl (C=O) groups is 1. The maximum absolute atomic E-state index is 10.7. The van der Waals surface area contributed by atoms with Gasteiger partial charge in [0.2, 0.25) is 0 Å². The number of nitrogens with two attached hydrogens (primary N) is 1. The first-order valence-electron chi connectivity index (χ1n) is 4.96. The predicted molar refractivity (Wildman–Crippen MR) is 70.0 cm³/mol. The van der Waals surface area contributed by atoms with Gasteiger partial charge in [0.05, 0.1) is 16.8 Å². The summed E-state index contributed by atoms with van der Waals surface area (Å²) in [5, 5.41) is 19.7. The van der Waals surface area contributed by atoms with Crippen LogP contribution in [0, 0.1) is 0 Å². The van der Waals surface area contributed by atoms with Crippen molar-refractivity contribution in [2.45, 2.75) is 19.1 Å². The Morgan fingerprint density at radius 3 is 2.71 bits per heavy atom. The lowest BCUT2D eigenvalue weighted by molar-refractivity contribution is -0.109. The lowest BCUT2D eigenvalue weighted by Gasteiger charge is -2.17. The zero-order chi connectivity index (χ0) is 13.0. The average molecular weight is 276 g/mol. The summed E-state index contributed by atoms with van der Waals surface area (Å²) in [6.45, 7) is 1.41. The molecular weight excluding hydrogens is 262 g/mol. The SMILES string of the molecule is CC(=O)SCC(O)C(O)c1ccc(N)c(Cl)c1. The van der Waals surface area contributed by atoms with Crippen LogP contribution in [-0.2, 0) is 4.79 Å². The normalized spacial score (nSPS) is 14.4. The topological polar surface area (TPSA) is 83.5 Å². The Labute approximate surface area is 109 Å². The van der Waals surface area contributed by atoms with Gasteiger partial charge in [0.1, 0.15) is 6.10 Å². The Bertz CT molecular complexity index is 414. The van der Waals surface area contributed by atoms with Crippen molar-refractivity contribution in [3.63, 3.8) is 0 Å². The Morgan fingerprint density at radius 1 is 1.53 bits per heavy atom. The molecule has 0 bridgehead atoms. The van der Waals surface area contributed by atoms with Gasteiger partial charge in [0.15, 0.2) is 5.12 Å². The molecule has 0 saturated heterocycles. The molecule has 4 N–H and O–H groups in total. The number of halogens is 1. The van der Waals surface area contributed by atoms with Crippen LogP contribution in [0.4, 0.5) is 5.69 Å². The molecule has 0 aliphatic carbocycles.